The van der Waals surface area contributed by atoms with Crippen LogP contribution in [0.3, 0.4) is 0 Å². The number of likely N-dealkylation sites (tertiary alicyclic amines) is 1. The third kappa shape index (κ3) is 3.17. The van der Waals surface area contributed by atoms with Gasteiger partial charge >= 0.3 is 0 Å². The van der Waals surface area contributed by atoms with Crippen LogP contribution in [0.15, 0.2) is 18.5 Å². The first-order valence-electron chi connectivity index (χ1n) is 5.78. The maximum Gasteiger partial charge on any atom is 0.211 e. The lowest BCUT2D eigenvalue weighted by molar-refractivity contribution is -0.105. The van der Waals surface area contributed by atoms with Crippen molar-refractivity contribution >= 4 is 12.1 Å². The van der Waals surface area contributed by atoms with Crippen LogP contribution in [0.2, 0.25) is 0 Å². The van der Waals surface area contributed by atoms with E-state index in [4.69, 9.17) is 4.74 Å². The summed E-state index contributed by atoms with van der Waals surface area (Å²) >= 11 is 0. The van der Waals surface area contributed by atoms with Crippen molar-refractivity contribution in [3.63, 3.8) is 0 Å². The lowest BCUT2D eigenvalue weighted by Gasteiger charge is -2.19. The van der Waals surface area contributed by atoms with E-state index in [1.54, 1.807) is 18.5 Å². The molecule has 0 unspecified atom stereocenters. The standard InChI is InChI=1S/C12H17N3O2/c1-15-4-2-3-11(15)8-17-12-5-10(14-9-16)6-13-7-12/h5-7,9,11H,2-4,8H2,1H3,(H,14,16)/t11-/m0/s1. The van der Waals surface area contributed by atoms with E-state index in [9.17, 15) is 4.79 Å². The van der Waals surface area contributed by atoms with E-state index in [-0.39, 0.29) is 0 Å². The number of nitrogens with zero attached hydrogens (tertiary/aromatic N) is 2. The zero-order valence-corrected chi connectivity index (χ0v) is 9.93. The van der Waals surface area contributed by atoms with Crippen LogP contribution in [0.5, 0.6) is 5.75 Å². The smallest absolute Gasteiger partial charge is 0.211 e. The second-order valence-electron chi connectivity index (χ2n) is 4.26. The molecule has 5 heteroatoms. The van der Waals surface area contributed by atoms with E-state index in [1.165, 1.54) is 12.8 Å². The van der Waals surface area contributed by atoms with Gasteiger partial charge < -0.3 is 15.0 Å². The Labute approximate surface area is 101 Å². The van der Waals surface area contributed by atoms with Crippen molar-refractivity contribution < 1.29 is 9.53 Å². The molecule has 1 atom stereocenters. The predicted octanol–water partition coefficient (Wildman–Crippen LogP) is 1.12. The first-order valence-corrected chi connectivity index (χ1v) is 5.78. The van der Waals surface area contributed by atoms with Crippen LogP contribution >= 0.6 is 0 Å². The number of carbonyl (C=O) groups is 1. The van der Waals surface area contributed by atoms with Crippen LogP contribution in [-0.4, -0.2) is 42.5 Å². The fourth-order valence-corrected chi connectivity index (χ4v) is 2.03. The fraction of sp³-hybridized carbons (Fsp3) is 0.500. The minimum Gasteiger partial charge on any atom is -0.490 e. The van der Waals surface area contributed by atoms with E-state index in [0.717, 1.165) is 6.54 Å². The van der Waals surface area contributed by atoms with Gasteiger partial charge in [-0.1, -0.05) is 0 Å². The quantitative estimate of drug-likeness (QED) is 0.777. The van der Waals surface area contributed by atoms with Gasteiger partial charge in [-0.25, -0.2) is 0 Å². The van der Waals surface area contributed by atoms with Gasteiger partial charge in [0.05, 0.1) is 18.1 Å². The third-order valence-electron chi connectivity index (χ3n) is 3.05. The molecule has 2 rings (SSSR count). The first-order chi connectivity index (χ1) is 8.29. The summed E-state index contributed by atoms with van der Waals surface area (Å²) in [6, 6.07) is 2.26. The highest BCUT2D eigenvalue weighted by atomic mass is 16.5. The number of carbonyl (C=O) groups excluding carboxylic acids is 1. The van der Waals surface area contributed by atoms with E-state index in [0.29, 0.717) is 30.5 Å². The summed E-state index contributed by atoms with van der Waals surface area (Å²) in [4.78, 5) is 16.6. The number of amides is 1. The summed E-state index contributed by atoms with van der Waals surface area (Å²) < 4.78 is 5.69. The van der Waals surface area contributed by atoms with Gasteiger partial charge in [-0.05, 0) is 26.4 Å². The Morgan fingerprint density at radius 2 is 2.53 bits per heavy atom. The Balaban J connectivity index is 1.89. The summed E-state index contributed by atoms with van der Waals surface area (Å²) in [5.41, 5.74) is 0.650. The number of nitrogens with one attached hydrogen (secondary N) is 1. The van der Waals surface area contributed by atoms with Crippen molar-refractivity contribution in [3.8, 4) is 5.75 Å². The first kappa shape index (κ1) is 11.9. The number of likely N-dealkylation sites (N-methyl/N-ethyl adjacent to an activating group) is 1. The molecule has 1 fully saturated rings. The highest BCUT2D eigenvalue weighted by molar-refractivity contribution is 5.71. The highest BCUT2D eigenvalue weighted by Gasteiger charge is 2.21. The molecule has 0 bridgehead atoms. The lowest BCUT2D eigenvalue weighted by Crippen LogP contribution is -2.30. The largest absolute Gasteiger partial charge is 0.490 e. The zero-order chi connectivity index (χ0) is 12.1. The molecular weight excluding hydrogens is 218 g/mol. The molecule has 0 radical (unpaired) electrons. The summed E-state index contributed by atoms with van der Waals surface area (Å²) in [6.45, 7) is 1.81. The predicted molar refractivity (Wildman–Crippen MR) is 65.1 cm³/mol. The monoisotopic (exact) mass is 235 g/mol. The van der Waals surface area contributed by atoms with Gasteiger partial charge in [0.1, 0.15) is 12.4 Å². The Morgan fingerprint density at radius 1 is 1.65 bits per heavy atom. The molecule has 1 amide bonds. The maximum atomic E-state index is 10.3. The minimum atomic E-state index is 0.484. The summed E-state index contributed by atoms with van der Waals surface area (Å²) in [5, 5.41) is 2.55. The average molecular weight is 235 g/mol. The molecule has 5 nitrogen and oxygen atoms in total. The molecule has 0 spiro atoms. The molecule has 1 saturated heterocycles. The Bertz CT molecular complexity index is 384. The zero-order valence-electron chi connectivity index (χ0n) is 9.93. The number of pyridine rings is 1. The van der Waals surface area contributed by atoms with Crippen LogP contribution in [0, 0.1) is 0 Å². The molecule has 1 aromatic rings. The Morgan fingerprint density at radius 3 is 3.24 bits per heavy atom. The van der Waals surface area contributed by atoms with Crippen molar-refractivity contribution in [1.29, 1.82) is 0 Å². The highest BCUT2D eigenvalue weighted by Crippen LogP contribution is 2.18. The van der Waals surface area contributed by atoms with E-state index >= 15 is 0 Å². The van der Waals surface area contributed by atoms with Crippen molar-refractivity contribution in [2.45, 2.75) is 18.9 Å². The molecular formula is C12H17N3O2. The Kier molecular flexibility index (Phi) is 3.93. The number of anilines is 1. The molecule has 1 aliphatic rings. The van der Waals surface area contributed by atoms with Gasteiger partial charge in [0.2, 0.25) is 6.41 Å². The second-order valence-corrected chi connectivity index (χ2v) is 4.26. The molecule has 0 saturated carbocycles. The molecule has 0 aromatic carbocycles. The Hall–Kier alpha value is -1.62. The normalized spacial score (nSPS) is 20.2. The van der Waals surface area contributed by atoms with Crippen molar-refractivity contribution in [3.05, 3.63) is 18.5 Å². The van der Waals surface area contributed by atoms with Gasteiger partial charge in [0, 0.05) is 12.1 Å². The minimum absolute atomic E-state index is 0.484. The van der Waals surface area contributed by atoms with E-state index in [1.807, 2.05) is 0 Å². The number of aromatic nitrogens is 1. The van der Waals surface area contributed by atoms with Gasteiger partial charge in [-0.3, -0.25) is 9.78 Å². The molecule has 1 N–H and O–H groups in total. The van der Waals surface area contributed by atoms with Gasteiger partial charge in [-0.15, -0.1) is 0 Å². The second kappa shape index (κ2) is 5.63. The van der Waals surface area contributed by atoms with Gasteiger partial charge in [0.25, 0.3) is 0 Å². The molecule has 2 heterocycles. The van der Waals surface area contributed by atoms with Crippen molar-refractivity contribution in [2.75, 3.05) is 25.5 Å². The van der Waals surface area contributed by atoms with Crippen LogP contribution in [0.25, 0.3) is 0 Å². The van der Waals surface area contributed by atoms with Crippen molar-refractivity contribution in [2.24, 2.45) is 0 Å². The summed E-state index contributed by atoms with van der Waals surface area (Å²) in [7, 11) is 2.11. The molecule has 1 aliphatic heterocycles. The lowest BCUT2D eigenvalue weighted by atomic mass is 10.2. The van der Waals surface area contributed by atoms with Crippen LogP contribution < -0.4 is 10.1 Å². The summed E-state index contributed by atoms with van der Waals surface area (Å²) in [5.74, 6) is 0.692. The molecule has 1 aromatic heterocycles. The van der Waals surface area contributed by atoms with E-state index < -0.39 is 0 Å². The number of hydrogen-bond acceptors (Lipinski definition) is 4. The number of hydrogen-bond donors (Lipinski definition) is 1. The molecule has 17 heavy (non-hydrogen) atoms. The van der Waals surface area contributed by atoms with Crippen molar-refractivity contribution in [1.82, 2.24) is 9.88 Å². The van der Waals surface area contributed by atoms with Crippen LogP contribution in [0.4, 0.5) is 5.69 Å². The topological polar surface area (TPSA) is 54.5 Å². The maximum absolute atomic E-state index is 10.3. The number of ether oxygens (including phenoxy) is 1. The fourth-order valence-electron chi connectivity index (χ4n) is 2.03. The number of rotatable bonds is 5. The SMILES string of the molecule is CN1CCC[C@H]1COc1cncc(NC=O)c1. The third-order valence-corrected chi connectivity index (χ3v) is 3.05. The van der Waals surface area contributed by atoms with E-state index in [2.05, 4.69) is 22.2 Å². The van der Waals surface area contributed by atoms with Gasteiger partial charge in [0.15, 0.2) is 0 Å². The summed E-state index contributed by atoms with van der Waals surface area (Å²) in [6.07, 6.45) is 6.28. The van der Waals surface area contributed by atoms with Crippen LogP contribution in [-0.2, 0) is 4.79 Å². The average Bonchev–Trinajstić information content (AvgIpc) is 2.73. The van der Waals surface area contributed by atoms with Gasteiger partial charge in [-0.2, -0.15) is 0 Å². The molecule has 92 valence electrons. The molecule has 0 aliphatic carbocycles. The van der Waals surface area contributed by atoms with Crippen LogP contribution in [0.1, 0.15) is 12.8 Å².